The molecule has 0 radical (unpaired) electrons. The van der Waals surface area contributed by atoms with Crippen LogP contribution in [0.1, 0.15) is 124 Å². The van der Waals surface area contributed by atoms with Crippen molar-refractivity contribution in [2.45, 2.75) is 105 Å². The molecule has 328 valence electrons. The largest absolute Gasteiger partial charge is 0.481 e. The molecule has 4 aliphatic heterocycles. The van der Waals surface area contributed by atoms with E-state index in [0.29, 0.717) is 34.5 Å². The van der Waals surface area contributed by atoms with Crippen LogP contribution < -0.4 is 26.9 Å². The number of rotatable bonds is 18. The summed E-state index contributed by atoms with van der Waals surface area (Å²) in [6.45, 7) is 11.6. The number of carboxylic acids is 4. The van der Waals surface area contributed by atoms with E-state index in [2.05, 4.69) is 35.2 Å². The predicted octanol–water partition coefficient (Wildman–Crippen LogP) is 4.15. The second kappa shape index (κ2) is 18.5. The lowest BCUT2D eigenvalue weighted by Gasteiger charge is -2.20. The number of hydrogen-bond donors (Lipinski definition) is 7. The minimum atomic E-state index is -1.68. The summed E-state index contributed by atoms with van der Waals surface area (Å²) in [5, 5.41) is 44.5. The van der Waals surface area contributed by atoms with E-state index in [1.165, 1.54) is 0 Å². The number of allylic oxidation sites excluding steroid dienone is 4. The van der Waals surface area contributed by atoms with Gasteiger partial charge in [-0.3, -0.25) is 29.0 Å². The highest BCUT2D eigenvalue weighted by Gasteiger charge is 2.38. The van der Waals surface area contributed by atoms with E-state index < -0.39 is 66.9 Å². The van der Waals surface area contributed by atoms with Crippen LogP contribution in [0.3, 0.4) is 0 Å². The van der Waals surface area contributed by atoms with Gasteiger partial charge < -0.3 is 31.1 Å². The highest BCUT2D eigenvalue weighted by atomic mass is 16.4. The van der Waals surface area contributed by atoms with E-state index in [0.717, 1.165) is 58.6 Å². The molecular weight excluding hydrogens is 799 g/mol. The fourth-order valence-electron chi connectivity index (χ4n) is 8.64. The molecule has 7 N–H and O–H groups in total. The summed E-state index contributed by atoms with van der Waals surface area (Å²) in [7, 11) is 0. The van der Waals surface area contributed by atoms with Crippen molar-refractivity contribution in [3.63, 3.8) is 0 Å². The molecule has 3 atom stereocenters. The van der Waals surface area contributed by atoms with Gasteiger partial charge in [0, 0.05) is 48.1 Å². The zero-order valence-electron chi connectivity index (χ0n) is 35.7. The van der Waals surface area contributed by atoms with Gasteiger partial charge in [-0.25, -0.2) is 24.7 Å². The number of aromatic nitrogens is 2. The Morgan fingerprint density at radius 3 is 2.27 bits per heavy atom. The molecule has 17 nitrogen and oxygen atoms in total. The highest BCUT2D eigenvalue weighted by molar-refractivity contribution is 6.25. The Morgan fingerprint density at radius 2 is 1.63 bits per heavy atom. The summed E-state index contributed by atoms with van der Waals surface area (Å²) >= 11 is 0. The first-order valence-corrected chi connectivity index (χ1v) is 20.9. The van der Waals surface area contributed by atoms with Gasteiger partial charge in [-0.2, -0.15) is 0 Å². The molecule has 0 saturated carbocycles. The lowest BCUT2D eigenvalue weighted by Crippen LogP contribution is -2.44. The van der Waals surface area contributed by atoms with Gasteiger partial charge in [0.2, 0.25) is 5.91 Å². The number of nitrogens with one attached hydrogen (secondary N) is 3. The molecule has 0 unspecified atom stereocenters. The van der Waals surface area contributed by atoms with Crippen LogP contribution in [0.15, 0.2) is 38.6 Å². The quantitative estimate of drug-likeness (QED) is 0.105. The number of nitrogens with zero attached hydrogens (tertiary/aromatic N) is 4. The third kappa shape index (κ3) is 8.83. The van der Waals surface area contributed by atoms with Gasteiger partial charge >= 0.3 is 23.9 Å². The Balaban J connectivity index is 1.66. The van der Waals surface area contributed by atoms with Crippen molar-refractivity contribution < 1.29 is 49.2 Å². The summed E-state index contributed by atoms with van der Waals surface area (Å²) < 4.78 is 3.57. The number of fused-ring (bicyclic) bond motifs is 2. The second-order valence-corrected chi connectivity index (χ2v) is 16.0. The minimum Gasteiger partial charge on any atom is -0.481 e. The monoisotopic (exact) mass is 851 g/mol. The SMILES string of the molecule is CCCC/C=C/c1c(C)c2n3c1C=C1N=C(C=c4c(C)c(C(=O)NCCC(=O)N[C@@H](CC(=O)O)C(=O)O)c(n4N3)=C(CC(=O)O)C3=NC(=C2)[C@@H](C)[C@@H]3CCC(=O)O)C(CC)=C1C. The smallest absolute Gasteiger partial charge is 0.326 e. The molecule has 6 bridgehead atoms. The number of unbranched alkanes of at least 4 members (excludes halogenated alkanes) is 2. The number of aliphatic imine (C=N–C) groups is 2. The Labute approximate surface area is 357 Å². The van der Waals surface area contributed by atoms with Crippen LogP contribution in [0.25, 0.3) is 29.9 Å². The number of carbonyl (C=O) groups excluding carboxylic acids is 2. The molecule has 6 rings (SSSR count). The molecule has 0 aromatic carbocycles. The Kier molecular flexibility index (Phi) is 13.3. The predicted molar refractivity (Wildman–Crippen MR) is 233 cm³/mol. The van der Waals surface area contributed by atoms with Crippen LogP contribution in [0.5, 0.6) is 0 Å². The number of carbonyl (C=O) groups is 6. The molecule has 6 heterocycles. The second-order valence-electron chi connectivity index (χ2n) is 16.0. The van der Waals surface area contributed by atoms with Crippen LogP contribution in [-0.4, -0.2) is 89.5 Å². The third-order valence-electron chi connectivity index (χ3n) is 11.9. The van der Waals surface area contributed by atoms with E-state index in [1.807, 2.05) is 50.6 Å². The number of hydrogen-bond acceptors (Lipinski definition) is 9. The number of amides is 2. The van der Waals surface area contributed by atoms with Gasteiger partial charge in [-0.15, -0.1) is 0 Å². The van der Waals surface area contributed by atoms with E-state index in [9.17, 15) is 44.1 Å². The topological polar surface area (TPSA) is 254 Å². The van der Waals surface area contributed by atoms with Crippen molar-refractivity contribution in [3.05, 3.63) is 73.0 Å². The average Bonchev–Trinajstić information content (AvgIpc) is 3.84. The Morgan fingerprint density at radius 1 is 0.887 bits per heavy atom. The molecule has 62 heavy (non-hydrogen) atoms. The molecule has 2 aromatic rings. The zero-order chi connectivity index (χ0) is 45.2. The fourth-order valence-corrected chi connectivity index (χ4v) is 8.64. The zero-order valence-corrected chi connectivity index (χ0v) is 35.7. The van der Waals surface area contributed by atoms with E-state index in [1.54, 1.807) is 11.6 Å². The van der Waals surface area contributed by atoms with Gasteiger partial charge in [0.1, 0.15) is 6.04 Å². The van der Waals surface area contributed by atoms with Crippen LogP contribution in [-0.2, 0) is 24.0 Å². The number of carboxylic acid groups (broad SMARTS) is 4. The van der Waals surface area contributed by atoms with Crippen molar-refractivity contribution >= 4 is 77.0 Å². The maximum atomic E-state index is 14.7. The summed E-state index contributed by atoms with van der Waals surface area (Å²) in [5.74, 6) is -7.57. The maximum absolute atomic E-state index is 14.7. The lowest BCUT2D eigenvalue weighted by molar-refractivity contribution is -0.147. The Hall–Kier alpha value is -6.78. The van der Waals surface area contributed by atoms with Gasteiger partial charge in [0.05, 0.1) is 57.6 Å². The first-order valence-electron chi connectivity index (χ1n) is 20.9. The molecule has 0 aliphatic carbocycles. The summed E-state index contributed by atoms with van der Waals surface area (Å²) in [6, 6.07) is -1.68. The molecular formula is C45H53N7O10. The minimum absolute atomic E-state index is 0.0662. The van der Waals surface area contributed by atoms with Gasteiger partial charge in [0.25, 0.3) is 5.91 Å². The molecule has 4 aliphatic rings. The van der Waals surface area contributed by atoms with Gasteiger partial charge in [-0.1, -0.05) is 45.8 Å². The van der Waals surface area contributed by atoms with Crippen LogP contribution in [0.2, 0.25) is 0 Å². The summed E-state index contributed by atoms with van der Waals surface area (Å²) in [4.78, 5) is 85.5. The van der Waals surface area contributed by atoms with Crippen molar-refractivity contribution in [1.29, 1.82) is 0 Å². The van der Waals surface area contributed by atoms with E-state index >= 15 is 0 Å². The summed E-state index contributed by atoms with van der Waals surface area (Å²) in [6.07, 6.45) is 11.7. The van der Waals surface area contributed by atoms with Crippen molar-refractivity contribution in [2.75, 3.05) is 12.1 Å². The molecule has 2 amide bonds. The average molecular weight is 852 g/mol. The lowest BCUT2D eigenvalue weighted by atomic mass is 9.82. The van der Waals surface area contributed by atoms with Crippen LogP contribution >= 0.6 is 0 Å². The Bertz CT molecular complexity index is 2600. The van der Waals surface area contributed by atoms with Crippen LogP contribution in [0, 0.1) is 25.7 Å². The van der Waals surface area contributed by atoms with Crippen molar-refractivity contribution in [1.82, 2.24) is 20.0 Å². The molecule has 2 aromatic heterocycles. The molecule has 17 heteroatoms. The molecule has 0 saturated heterocycles. The first-order chi connectivity index (χ1) is 29.5. The van der Waals surface area contributed by atoms with Crippen LogP contribution in [0.4, 0.5) is 0 Å². The maximum Gasteiger partial charge on any atom is 0.326 e. The van der Waals surface area contributed by atoms with Gasteiger partial charge in [-0.05, 0) is 80.5 Å². The molecule has 0 fully saturated rings. The fraction of sp³-hybridized carbons (Fsp3) is 0.422. The van der Waals surface area contributed by atoms with Gasteiger partial charge in [0.15, 0.2) is 0 Å². The van der Waals surface area contributed by atoms with Crippen molar-refractivity contribution in [3.8, 4) is 0 Å². The standard InChI is InChI=1S/C45H53N7O10/c1-7-9-10-11-12-27-24(5)34-18-31-23(4)28(13-14-38(54)55)42(49-31)29(17-39(56)57)43-41(44(60)46-16-15-37(53)48-33(45(61)62)21-40(58)59)25(6)35-20-32-26(8-2)22(3)30(47-32)19-36(27)51(34)50-52(35)43/h11-12,18-20,23,28,33,50H,7-10,13-17,21H2,1-6H3,(H,46,60)(H,48,53)(H,54,55)(H,56,57)(H,58,59)(H,61,62)/b12-11+,30-19?,31-18?,32-20?,34-18?,35-20?,36-19?,42-29?,43-29?/t23-,28-,33-/m0/s1. The summed E-state index contributed by atoms with van der Waals surface area (Å²) in [5.41, 5.74) is 11.9. The van der Waals surface area contributed by atoms with Crippen molar-refractivity contribution in [2.24, 2.45) is 21.8 Å². The van der Waals surface area contributed by atoms with E-state index in [4.69, 9.17) is 15.1 Å². The normalized spacial score (nSPS) is 17.9. The highest BCUT2D eigenvalue weighted by Crippen LogP contribution is 2.40. The number of aliphatic carboxylic acids is 4. The first kappa shape index (κ1) is 44.8. The van der Waals surface area contributed by atoms with E-state index in [-0.39, 0.29) is 41.8 Å². The third-order valence-corrected chi connectivity index (χ3v) is 11.9. The molecule has 0 spiro atoms.